The standard InChI is InChI=1S/C63H44N2O/c1-3-13-47(14-4-1)49-31-33-52(34-32-49)57-18-8-11-21-61(57)65(56-40-35-50(36-41-56)48-15-5-2-6-16-48)55-38-26-45(27-39-55)23-30-53-17-7-10-20-60(53)64-44-46-24-28-51(29-25-46)54-37-42-59-58-19-9-12-22-62(58)66-63(59)43-54/h1-44H/b30-23+,64-44?. The van der Waals surface area contributed by atoms with E-state index >= 15 is 0 Å². The van der Waals surface area contributed by atoms with Crippen LogP contribution in [0.2, 0.25) is 0 Å². The van der Waals surface area contributed by atoms with Gasteiger partial charge >= 0.3 is 0 Å². The number of nitrogens with zero attached hydrogens (tertiary/aromatic N) is 2. The summed E-state index contributed by atoms with van der Waals surface area (Å²) in [6, 6.07) is 87.7. The third-order valence-corrected chi connectivity index (χ3v) is 12.2. The summed E-state index contributed by atoms with van der Waals surface area (Å²) in [6.45, 7) is 0. The number of furan rings is 1. The van der Waals surface area contributed by atoms with E-state index in [-0.39, 0.29) is 0 Å². The number of hydrogen-bond donors (Lipinski definition) is 0. The number of fused-ring (bicyclic) bond motifs is 3. The second-order valence-corrected chi connectivity index (χ2v) is 16.4. The first kappa shape index (κ1) is 40.0. The molecule has 0 atom stereocenters. The van der Waals surface area contributed by atoms with E-state index in [1.54, 1.807) is 0 Å². The van der Waals surface area contributed by atoms with E-state index in [1.165, 1.54) is 22.3 Å². The van der Waals surface area contributed by atoms with Crippen LogP contribution in [0.1, 0.15) is 16.7 Å². The smallest absolute Gasteiger partial charge is 0.136 e. The molecule has 1 heterocycles. The van der Waals surface area contributed by atoms with E-state index in [4.69, 9.17) is 9.41 Å². The van der Waals surface area contributed by atoms with Crippen molar-refractivity contribution in [3.05, 3.63) is 265 Å². The zero-order chi connectivity index (χ0) is 44.1. The number of para-hydroxylation sites is 3. The predicted molar refractivity (Wildman–Crippen MR) is 279 cm³/mol. The molecule has 3 nitrogen and oxygen atoms in total. The molecule has 0 saturated heterocycles. The number of hydrogen-bond acceptors (Lipinski definition) is 3. The van der Waals surface area contributed by atoms with E-state index in [0.29, 0.717) is 0 Å². The van der Waals surface area contributed by atoms with E-state index in [1.807, 2.05) is 30.5 Å². The molecule has 11 aromatic rings. The quantitative estimate of drug-likeness (QED) is 0.0958. The summed E-state index contributed by atoms with van der Waals surface area (Å²) < 4.78 is 6.15. The Morgan fingerprint density at radius 1 is 0.348 bits per heavy atom. The van der Waals surface area contributed by atoms with E-state index in [2.05, 4.69) is 242 Å². The highest BCUT2D eigenvalue weighted by molar-refractivity contribution is 6.06. The number of anilines is 3. The minimum absolute atomic E-state index is 0.898. The van der Waals surface area contributed by atoms with Crippen molar-refractivity contribution in [3.63, 3.8) is 0 Å². The van der Waals surface area contributed by atoms with Gasteiger partial charge in [-0.1, -0.05) is 206 Å². The first-order chi connectivity index (χ1) is 32.7. The summed E-state index contributed by atoms with van der Waals surface area (Å²) in [6.07, 6.45) is 6.24. The van der Waals surface area contributed by atoms with Gasteiger partial charge in [0.15, 0.2) is 0 Å². The maximum absolute atomic E-state index is 6.15. The SMILES string of the molecule is C(=Nc1ccccc1/C=C/c1ccc(N(c2ccc(-c3ccccc3)cc2)c2ccccc2-c2ccc(-c3ccccc3)cc2)cc1)c1ccc(-c2ccc3c(c2)oc2ccccc23)cc1. The van der Waals surface area contributed by atoms with Gasteiger partial charge in [-0.3, -0.25) is 4.99 Å². The largest absolute Gasteiger partial charge is 0.456 e. The van der Waals surface area contributed by atoms with Crippen LogP contribution in [0.15, 0.2) is 258 Å². The van der Waals surface area contributed by atoms with Crippen LogP contribution in [0, 0.1) is 0 Å². The van der Waals surface area contributed by atoms with E-state index in [0.717, 1.165) is 83.6 Å². The minimum atomic E-state index is 0.898. The highest BCUT2D eigenvalue weighted by Gasteiger charge is 2.18. The van der Waals surface area contributed by atoms with Crippen LogP contribution in [0.3, 0.4) is 0 Å². The monoisotopic (exact) mass is 844 g/mol. The lowest BCUT2D eigenvalue weighted by atomic mass is 9.98. The average Bonchev–Trinajstić information content (AvgIpc) is 3.77. The Kier molecular flexibility index (Phi) is 11.0. The van der Waals surface area contributed by atoms with Crippen molar-refractivity contribution in [1.29, 1.82) is 0 Å². The molecule has 10 aromatic carbocycles. The molecule has 0 aliphatic carbocycles. The molecular weight excluding hydrogens is 801 g/mol. The zero-order valence-corrected chi connectivity index (χ0v) is 36.2. The Bertz CT molecular complexity index is 3480. The van der Waals surface area contributed by atoms with Crippen LogP contribution in [-0.4, -0.2) is 6.21 Å². The first-order valence-electron chi connectivity index (χ1n) is 22.3. The molecule has 11 rings (SSSR count). The summed E-state index contributed by atoms with van der Waals surface area (Å²) in [5.41, 5.74) is 18.5. The fourth-order valence-corrected chi connectivity index (χ4v) is 8.72. The highest BCUT2D eigenvalue weighted by atomic mass is 16.3. The summed E-state index contributed by atoms with van der Waals surface area (Å²) in [7, 11) is 0. The summed E-state index contributed by atoms with van der Waals surface area (Å²) in [4.78, 5) is 7.30. The van der Waals surface area contributed by atoms with Crippen molar-refractivity contribution in [2.45, 2.75) is 0 Å². The topological polar surface area (TPSA) is 28.7 Å². The molecule has 0 saturated carbocycles. The summed E-state index contributed by atoms with van der Waals surface area (Å²) in [5.74, 6) is 0. The fourth-order valence-electron chi connectivity index (χ4n) is 8.72. The van der Waals surface area contributed by atoms with Crippen molar-refractivity contribution >= 4 is 63.1 Å². The van der Waals surface area contributed by atoms with Crippen LogP contribution in [-0.2, 0) is 0 Å². The molecule has 0 bridgehead atoms. The Morgan fingerprint density at radius 3 is 1.58 bits per heavy atom. The lowest BCUT2D eigenvalue weighted by Crippen LogP contribution is -2.11. The van der Waals surface area contributed by atoms with Crippen molar-refractivity contribution in [2.24, 2.45) is 4.99 Å². The van der Waals surface area contributed by atoms with Crippen molar-refractivity contribution in [2.75, 3.05) is 4.90 Å². The summed E-state index contributed by atoms with van der Waals surface area (Å²) in [5, 5.41) is 2.27. The average molecular weight is 845 g/mol. The third kappa shape index (κ3) is 8.37. The molecule has 0 N–H and O–H groups in total. The molecule has 0 unspecified atom stereocenters. The molecule has 3 heteroatoms. The normalized spacial score (nSPS) is 11.5. The van der Waals surface area contributed by atoms with Crippen molar-refractivity contribution in [3.8, 4) is 44.5 Å². The number of aliphatic imine (C=N–C) groups is 1. The molecule has 0 spiro atoms. The van der Waals surface area contributed by atoms with Gasteiger partial charge in [-0.25, -0.2) is 0 Å². The Morgan fingerprint density at radius 2 is 0.848 bits per heavy atom. The molecule has 0 fully saturated rings. The van der Waals surface area contributed by atoms with Gasteiger partial charge in [-0.05, 0) is 105 Å². The van der Waals surface area contributed by atoms with Gasteiger partial charge in [0.05, 0.1) is 11.4 Å². The van der Waals surface area contributed by atoms with E-state index < -0.39 is 0 Å². The first-order valence-corrected chi connectivity index (χ1v) is 22.3. The third-order valence-electron chi connectivity index (χ3n) is 12.2. The number of rotatable bonds is 11. The zero-order valence-electron chi connectivity index (χ0n) is 36.2. The van der Waals surface area contributed by atoms with Crippen LogP contribution in [0.4, 0.5) is 22.7 Å². The van der Waals surface area contributed by atoms with Gasteiger partial charge in [0, 0.05) is 39.5 Å². The van der Waals surface area contributed by atoms with Crippen molar-refractivity contribution in [1.82, 2.24) is 0 Å². The van der Waals surface area contributed by atoms with Gasteiger partial charge < -0.3 is 9.32 Å². The Labute approximate surface area is 385 Å². The van der Waals surface area contributed by atoms with Crippen LogP contribution >= 0.6 is 0 Å². The fraction of sp³-hybridized carbons (Fsp3) is 0. The molecule has 0 aliphatic rings. The Balaban J connectivity index is 0.853. The Hall–Kier alpha value is -8.79. The van der Waals surface area contributed by atoms with Gasteiger partial charge in [-0.15, -0.1) is 0 Å². The summed E-state index contributed by atoms with van der Waals surface area (Å²) >= 11 is 0. The molecule has 0 amide bonds. The highest BCUT2D eigenvalue weighted by Crippen LogP contribution is 2.42. The van der Waals surface area contributed by atoms with Gasteiger partial charge in [0.25, 0.3) is 0 Å². The molecule has 0 radical (unpaired) electrons. The van der Waals surface area contributed by atoms with Crippen LogP contribution < -0.4 is 4.90 Å². The van der Waals surface area contributed by atoms with Crippen molar-refractivity contribution < 1.29 is 4.42 Å². The number of benzene rings is 10. The predicted octanol–water partition coefficient (Wildman–Crippen LogP) is 17.6. The maximum Gasteiger partial charge on any atom is 0.136 e. The van der Waals surface area contributed by atoms with Crippen LogP contribution in [0.25, 0.3) is 78.6 Å². The molecule has 312 valence electrons. The lowest BCUT2D eigenvalue weighted by Gasteiger charge is -2.28. The minimum Gasteiger partial charge on any atom is -0.456 e. The maximum atomic E-state index is 6.15. The second kappa shape index (κ2) is 18.1. The van der Waals surface area contributed by atoms with Gasteiger partial charge in [0.1, 0.15) is 11.2 Å². The molecule has 0 aliphatic heterocycles. The lowest BCUT2D eigenvalue weighted by molar-refractivity contribution is 0.669. The van der Waals surface area contributed by atoms with Gasteiger partial charge in [-0.2, -0.15) is 0 Å². The van der Waals surface area contributed by atoms with Gasteiger partial charge in [0.2, 0.25) is 0 Å². The second-order valence-electron chi connectivity index (χ2n) is 16.4. The molecule has 66 heavy (non-hydrogen) atoms. The molecular formula is C63H44N2O. The molecule has 1 aromatic heterocycles. The van der Waals surface area contributed by atoms with Crippen LogP contribution in [0.5, 0.6) is 0 Å². The van der Waals surface area contributed by atoms with E-state index in [9.17, 15) is 0 Å².